The van der Waals surface area contributed by atoms with Crippen molar-refractivity contribution in [1.29, 1.82) is 0 Å². The zero-order valence-corrected chi connectivity index (χ0v) is 23.0. The van der Waals surface area contributed by atoms with Crippen LogP contribution in [0.5, 0.6) is 0 Å². The number of nitrogens with one attached hydrogen (secondary N) is 2. The topological polar surface area (TPSA) is 56.3 Å². The maximum atomic E-state index is 6.34. The lowest BCUT2D eigenvalue weighted by atomic mass is 9.79. The first-order chi connectivity index (χ1) is 17.5. The van der Waals surface area contributed by atoms with E-state index in [-0.39, 0.29) is 5.41 Å². The van der Waals surface area contributed by atoms with Crippen LogP contribution in [-0.2, 0) is 5.41 Å². The van der Waals surface area contributed by atoms with Crippen molar-refractivity contribution in [2.45, 2.75) is 70.1 Å². The largest absolute Gasteiger partial charge is 0.361 e. The highest BCUT2D eigenvalue weighted by atomic mass is 35.5. The molecule has 2 aliphatic heterocycles. The SMILES string of the molecule is CC1CCCN(c2cc(N3CCCCC3)nc(NC(=S)NCC3(c4cccc(Cl)c4)CCCC3)n2)C1. The van der Waals surface area contributed by atoms with Crippen LogP contribution in [0.4, 0.5) is 17.6 Å². The highest BCUT2D eigenvalue weighted by Crippen LogP contribution is 2.41. The van der Waals surface area contributed by atoms with Crippen molar-refractivity contribution < 1.29 is 0 Å². The van der Waals surface area contributed by atoms with Gasteiger partial charge < -0.3 is 20.4 Å². The maximum Gasteiger partial charge on any atom is 0.232 e. The van der Waals surface area contributed by atoms with Crippen molar-refractivity contribution in [1.82, 2.24) is 15.3 Å². The third-order valence-corrected chi connectivity index (χ3v) is 8.65. The van der Waals surface area contributed by atoms with Gasteiger partial charge >= 0.3 is 0 Å². The molecular formula is C28H39ClN6S. The molecule has 1 unspecified atom stereocenters. The van der Waals surface area contributed by atoms with Gasteiger partial charge in [0, 0.05) is 49.2 Å². The standard InChI is InChI=1S/C28H39ClN6S/c1-21-9-8-16-35(19-21)25-18-24(34-14-5-2-6-15-34)31-26(32-25)33-27(36)30-20-28(12-3-4-13-28)22-10-7-11-23(29)17-22/h7,10-11,17-18,21H,2-6,8-9,12-16,19-20H2,1H3,(H2,30,31,32,33,36). The Bertz CT molecular complexity index is 1050. The highest BCUT2D eigenvalue weighted by molar-refractivity contribution is 7.80. The molecule has 0 bridgehead atoms. The van der Waals surface area contributed by atoms with Gasteiger partial charge in [0.05, 0.1) is 0 Å². The number of piperidine rings is 2. The van der Waals surface area contributed by atoms with Crippen molar-refractivity contribution >= 4 is 46.5 Å². The third-order valence-electron chi connectivity index (χ3n) is 8.17. The summed E-state index contributed by atoms with van der Waals surface area (Å²) < 4.78 is 0. The summed E-state index contributed by atoms with van der Waals surface area (Å²) in [5.74, 6) is 3.29. The lowest BCUT2D eigenvalue weighted by molar-refractivity contribution is 0.435. The second-order valence-corrected chi connectivity index (χ2v) is 11.8. The number of halogens is 1. The predicted octanol–water partition coefficient (Wildman–Crippen LogP) is 6.16. The van der Waals surface area contributed by atoms with Gasteiger partial charge in [-0.25, -0.2) is 0 Å². The normalized spacial score (nSPS) is 21.9. The number of thiocarbonyl (C=S) groups is 1. The molecule has 3 fully saturated rings. The molecule has 2 saturated heterocycles. The Balaban J connectivity index is 1.32. The summed E-state index contributed by atoms with van der Waals surface area (Å²) in [6, 6.07) is 10.5. The Hall–Kier alpha value is -2.12. The zero-order valence-electron chi connectivity index (χ0n) is 21.4. The van der Waals surface area contributed by atoms with Crippen molar-refractivity contribution in [3.63, 3.8) is 0 Å². The number of rotatable bonds is 6. The molecule has 5 rings (SSSR count). The Morgan fingerprint density at radius 2 is 1.72 bits per heavy atom. The highest BCUT2D eigenvalue weighted by Gasteiger charge is 2.36. The minimum atomic E-state index is 0.0578. The fourth-order valence-electron chi connectivity index (χ4n) is 6.16. The van der Waals surface area contributed by atoms with Gasteiger partial charge in [-0.05, 0) is 80.8 Å². The van der Waals surface area contributed by atoms with E-state index in [0.717, 1.165) is 62.2 Å². The Kier molecular flexibility index (Phi) is 8.16. The molecule has 1 aromatic carbocycles. The molecule has 8 heteroatoms. The number of hydrogen-bond acceptors (Lipinski definition) is 5. The first kappa shape index (κ1) is 25.5. The van der Waals surface area contributed by atoms with E-state index in [1.54, 1.807) is 0 Å². The first-order valence-electron chi connectivity index (χ1n) is 13.7. The molecule has 194 valence electrons. The van der Waals surface area contributed by atoms with E-state index in [0.29, 0.717) is 17.0 Å². The van der Waals surface area contributed by atoms with Crippen LogP contribution in [0.15, 0.2) is 30.3 Å². The molecular weight excluding hydrogens is 488 g/mol. The molecule has 1 atom stereocenters. The minimum Gasteiger partial charge on any atom is -0.361 e. The van der Waals surface area contributed by atoms with Crippen molar-refractivity contribution in [2.75, 3.05) is 47.8 Å². The van der Waals surface area contributed by atoms with E-state index < -0.39 is 0 Å². The van der Waals surface area contributed by atoms with Gasteiger partial charge in [-0.15, -0.1) is 0 Å². The molecule has 3 aliphatic rings. The Morgan fingerprint density at radius 1 is 1.00 bits per heavy atom. The van der Waals surface area contributed by atoms with Gasteiger partial charge in [0.1, 0.15) is 11.6 Å². The molecule has 1 aliphatic carbocycles. The zero-order chi connectivity index (χ0) is 25.0. The van der Waals surface area contributed by atoms with Crippen LogP contribution in [-0.4, -0.2) is 47.8 Å². The molecule has 36 heavy (non-hydrogen) atoms. The quantitative estimate of drug-likeness (QED) is 0.437. The molecule has 3 heterocycles. The van der Waals surface area contributed by atoms with E-state index in [1.807, 2.05) is 6.07 Å². The first-order valence-corrected chi connectivity index (χ1v) is 14.5. The van der Waals surface area contributed by atoms with E-state index in [1.165, 1.54) is 50.5 Å². The number of hydrogen-bond donors (Lipinski definition) is 2. The van der Waals surface area contributed by atoms with Crippen LogP contribution in [0.2, 0.25) is 5.02 Å². The third kappa shape index (κ3) is 6.05. The summed E-state index contributed by atoms with van der Waals surface area (Å²) in [5, 5.41) is 8.22. The lowest BCUT2D eigenvalue weighted by Gasteiger charge is -2.34. The lowest BCUT2D eigenvalue weighted by Crippen LogP contribution is -2.41. The monoisotopic (exact) mass is 526 g/mol. The van der Waals surface area contributed by atoms with E-state index in [4.69, 9.17) is 33.8 Å². The number of aromatic nitrogens is 2. The van der Waals surface area contributed by atoms with Crippen LogP contribution in [0.1, 0.15) is 70.3 Å². The summed E-state index contributed by atoms with van der Waals surface area (Å²) in [5.41, 5.74) is 1.36. The van der Waals surface area contributed by atoms with Gasteiger partial charge in [0.2, 0.25) is 5.95 Å². The fourth-order valence-corrected chi connectivity index (χ4v) is 6.51. The molecule has 1 saturated carbocycles. The summed E-state index contributed by atoms with van der Waals surface area (Å²) >= 11 is 12.1. The summed E-state index contributed by atoms with van der Waals surface area (Å²) in [6.45, 7) is 7.30. The summed E-state index contributed by atoms with van der Waals surface area (Å²) in [4.78, 5) is 14.6. The maximum absolute atomic E-state index is 6.34. The second-order valence-electron chi connectivity index (χ2n) is 11.0. The molecule has 0 amide bonds. The van der Waals surface area contributed by atoms with E-state index in [2.05, 4.69) is 51.6 Å². The van der Waals surface area contributed by atoms with Crippen LogP contribution in [0.25, 0.3) is 0 Å². The van der Waals surface area contributed by atoms with Crippen molar-refractivity contribution in [2.24, 2.45) is 5.92 Å². The molecule has 2 aromatic rings. The Labute approximate surface area is 226 Å². The average molecular weight is 527 g/mol. The fraction of sp³-hybridized carbons (Fsp3) is 0.607. The molecule has 6 nitrogen and oxygen atoms in total. The van der Waals surface area contributed by atoms with Gasteiger partial charge in [0.25, 0.3) is 0 Å². The minimum absolute atomic E-state index is 0.0578. The average Bonchev–Trinajstić information content (AvgIpc) is 3.38. The second kappa shape index (κ2) is 11.5. The molecule has 0 radical (unpaired) electrons. The Morgan fingerprint density at radius 3 is 2.44 bits per heavy atom. The van der Waals surface area contributed by atoms with E-state index >= 15 is 0 Å². The van der Waals surface area contributed by atoms with Crippen LogP contribution < -0.4 is 20.4 Å². The van der Waals surface area contributed by atoms with Crippen LogP contribution >= 0.6 is 23.8 Å². The number of anilines is 3. The van der Waals surface area contributed by atoms with Gasteiger partial charge in [-0.1, -0.05) is 43.5 Å². The number of benzene rings is 1. The van der Waals surface area contributed by atoms with Gasteiger partial charge in [-0.2, -0.15) is 9.97 Å². The van der Waals surface area contributed by atoms with Gasteiger partial charge in [0.15, 0.2) is 5.11 Å². The predicted molar refractivity (Wildman–Crippen MR) is 155 cm³/mol. The molecule has 2 N–H and O–H groups in total. The van der Waals surface area contributed by atoms with E-state index in [9.17, 15) is 0 Å². The van der Waals surface area contributed by atoms with Gasteiger partial charge in [-0.3, -0.25) is 0 Å². The number of nitrogens with zero attached hydrogens (tertiary/aromatic N) is 4. The van der Waals surface area contributed by atoms with Crippen LogP contribution in [0.3, 0.4) is 0 Å². The summed E-state index contributed by atoms with van der Waals surface area (Å²) in [6.07, 6.45) is 11.0. The smallest absolute Gasteiger partial charge is 0.232 e. The van der Waals surface area contributed by atoms with Crippen molar-refractivity contribution in [3.8, 4) is 0 Å². The molecule has 0 spiro atoms. The van der Waals surface area contributed by atoms with Crippen molar-refractivity contribution in [3.05, 3.63) is 40.9 Å². The molecule has 1 aromatic heterocycles. The summed E-state index contributed by atoms with van der Waals surface area (Å²) in [7, 11) is 0. The van der Waals surface area contributed by atoms with Crippen LogP contribution in [0, 0.1) is 5.92 Å².